The van der Waals surface area contributed by atoms with Crippen LogP contribution in [-0.4, -0.2) is 24.2 Å². The molecule has 0 aliphatic carbocycles. The third-order valence-corrected chi connectivity index (χ3v) is 8.83. The summed E-state index contributed by atoms with van der Waals surface area (Å²) in [6.45, 7) is 4.59. The molecule has 1 N–H and O–H groups in total. The Morgan fingerprint density at radius 3 is 2.43 bits per heavy atom. The smallest absolute Gasteiger partial charge is 0.271 e. The molecule has 0 fully saturated rings. The van der Waals surface area contributed by atoms with Crippen LogP contribution >= 0.6 is 22.9 Å². The highest BCUT2D eigenvalue weighted by molar-refractivity contribution is 7.07. The summed E-state index contributed by atoms with van der Waals surface area (Å²) in [4.78, 5) is 33.2. The molecule has 1 atom stereocenters. The first kappa shape index (κ1) is 31.8. The number of nitrogens with zero attached hydrogens (tertiary/aromatic N) is 2. The highest BCUT2D eigenvalue weighted by Gasteiger charge is 2.32. The minimum Gasteiger partial charge on any atom is -0.494 e. The second-order valence-corrected chi connectivity index (χ2v) is 12.2. The number of carbonyl (C=O) groups excluding carboxylic acids is 1. The van der Waals surface area contributed by atoms with Gasteiger partial charge in [-0.3, -0.25) is 14.2 Å². The predicted molar refractivity (Wildman–Crippen MR) is 185 cm³/mol. The number of thiazole rings is 1. The number of fused-ring (bicyclic) bond motifs is 1. The van der Waals surface area contributed by atoms with Gasteiger partial charge in [0, 0.05) is 10.7 Å². The number of amides is 1. The highest BCUT2D eigenvalue weighted by Crippen LogP contribution is 2.32. The number of hydrogen-bond donors (Lipinski definition) is 1. The number of benzene rings is 4. The van der Waals surface area contributed by atoms with Gasteiger partial charge in [0.15, 0.2) is 16.3 Å². The Balaban J connectivity index is 1.37. The van der Waals surface area contributed by atoms with Crippen LogP contribution in [0.15, 0.2) is 118 Å². The van der Waals surface area contributed by atoms with Crippen LogP contribution in [0.3, 0.4) is 0 Å². The van der Waals surface area contributed by atoms with E-state index in [9.17, 15) is 9.59 Å². The predicted octanol–water partition coefficient (Wildman–Crippen LogP) is 6.51. The molecule has 4 aromatic carbocycles. The van der Waals surface area contributed by atoms with Crippen LogP contribution in [0.2, 0.25) is 5.02 Å². The van der Waals surface area contributed by atoms with Gasteiger partial charge in [-0.2, -0.15) is 0 Å². The number of aromatic nitrogens is 1. The monoisotopic (exact) mass is 665 g/mol. The molecule has 238 valence electrons. The number of anilines is 1. The quantitative estimate of drug-likeness (QED) is 0.184. The van der Waals surface area contributed by atoms with Crippen molar-refractivity contribution in [2.75, 3.05) is 19.0 Å². The zero-order chi connectivity index (χ0) is 32.9. The SMILES string of the molecule is CCOc1ccc([C@@H]2C(C(=O)Nc3ccccc3)=C(C)N=c3s/c(=C\c4ccc(OCc5ccc(Cl)cc5)c(OC)c4)c(=O)n32)cc1. The lowest BCUT2D eigenvalue weighted by Gasteiger charge is -2.25. The highest BCUT2D eigenvalue weighted by atomic mass is 35.5. The molecule has 1 aliphatic heterocycles. The fourth-order valence-corrected chi connectivity index (χ4v) is 6.52. The van der Waals surface area contributed by atoms with E-state index in [1.807, 2.05) is 104 Å². The molecule has 2 heterocycles. The van der Waals surface area contributed by atoms with Crippen molar-refractivity contribution in [3.63, 3.8) is 0 Å². The van der Waals surface area contributed by atoms with E-state index in [0.29, 0.717) is 61.8 Å². The normalized spacial score (nSPS) is 14.3. The standard InChI is InChI=1S/C37H32ClN3O5S/c1-4-45-29-17-13-26(14-18-29)34-33(35(42)40-28-8-6-5-7-9-28)23(2)39-37-41(34)36(43)32(47-37)21-25-12-19-30(31(20-25)44-3)46-22-24-10-15-27(38)16-11-24/h5-21,34H,4,22H2,1-3H3,(H,40,42)/b32-21-/t34-/m1/s1. The fourth-order valence-electron chi connectivity index (χ4n) is 5.35. The van der Waals surface area contributed by atoms with Gasteiger partial charge in [-0.1, -0.05) is 71.5 Å². The number of halogens is 1. The number of rotatable bonds is 10. The average Bonchev–Trinajstić information content (AvgIpc) is 3.38. The summed E-state index contributed by atoms with van der Waals surface area (Å²) in [5.74, 6) is 1.48. The summed E-state index contributed by atoms with van der Waals surface area (Å²) < 4.78 is 19.3. The minimum absolute atomic E-state index is 0.257. The first-order valence-electron chi connectivity index (χ1n) is 15.0. The molecule has 10 heteroatoms. The number of allylic oxidation sites excluding steroid dienone is 1. The van der Waals surface area contributed by atoms with Gasteiger partial charge in [0.25, 0.3) is 11.5 Å². The van der Waals surface area contributed by atoms with Crippen molar-refractivity contribution in [2.24, 2.45) is 4.99 Å². The van der Waals surface area contributed by atoms with Crippen molar-refractivity contribution >= 4 is 40.6 Å². The van der Waals surface area contributed by atoms with Crippen LogP contribution in [0, 0.1) is 0 Å². The maximum atomic E-state index is 14.1. The summed E-state index contributed by atoms with van der Waals surface area (Å²) in [7, 11) is 1.57. The zero-order valence-corrected chi connectivity index (χ0v) is 27.6. The second-order valence-electron chi connectivity index (χ2n) is 10.7. The molecule has 6 rings (SSSR count). The molecule has 0 spiro atoms. The molecular weight excluding hydrogens is 634 g/mol. The molecule has 8 nitrogen and oxygen atoms in total. The van der Waals surface area contributed by atoms with Gasteiger partial charge in [0.05, 0.1) is 35.6 Å². The number of hydrogen-bond acceptors (Lipinski definition) is 7. The lowest BCUT2D eigenvalue weighted by Crippen LogP contribution is -2.40. The maximum absolute atomic E-state index is 14.1. The van der Waals surface area contributed by atoms with Crippen LogP contribution in [0.5, 0.6) is 17.2 Å². The van der Waals surface area contributed by atoms with Gasteiger partial charge in [-0.15, -0.1) is 0 Å². The topological polar surface area (TPSA) is 91.2 Å². The lowest BCUT2D eigenvalue weighted by atomic mass is 9.95. The molecule has 1 amide bonds. The largest absolute Gasteiger partial charge is 0.494 e. The Kier molecular flexibility index (Phi) is 9.56. The lowest BCUT2D eigenvalue weighted by molar-refractivity contribution is -0.113. The van der Waals surface area contributed by atoms with Gasteiger partial charge in [0.1, 0.15) is 12.4 Å². The van der Waals surface area contributed by atoms with Crippen LogP contribution in [0.25, 0.3) is 6.08 Å². The third-order valence-electron chi connectivity index (χ3n) is 7.60. The Morgan fingerprint density at radius 1 is 0.979 bits per heavy atom. The van der Waals surface area contributed by atoms with Gasteiger partial charge in [-0.05, 0) is 85.1 Å². The van der Waals surface area contributed by atoms with E-state index in [2.05, 4.69) is 5.32 Å². The second kappa shape index (κ2) is 14.1. The molecule has 0 unspecified atom stereocenters. The zero-order valence-electron chi connectivity index (χ0n) is 26.0. The Hall–Kier alpha value is -5.12. The van der Waals surface area contributed by atoms with Crippen molar-refractivity contribution in [3.05, 3.63) is 150 Å². The van der Waals surface area contributed by atoms with Crippen molar-refractivity contribution in [1.82, 2.24) is 4.57 Å². The van der Waals surface area contributed by atoms with Crippen molar-refractivity contribution in [1.29, 1.82) is 0 Å². The van der Waals surface area contributed by atoms with E-state index in [1.165, 1.54) is 11.3 Å². The van der Waals surface area contributed by atoms with Gasteiger partial charge in [-0.25, -0.2) is 4.99 Å². The Bertz CT molecular complexity index is 2120. The Morgan fingerprint density at radius 2 is 1.72 bits per heavy atom. The van der Waals surface area contributed by atoms with E-state index in [-0.39, 0.29) is 11.5 Å². The van der Waals surface area contributed by atoms with Gasteiger partial charge < -0.3 is 19.5 Å². The van der Waals surface area contributed by atoms with E-state index in [4.69, 9.17) is 30.8 Å². The molecule has 47 heavy (non-hydrogen) atoms. The van der Waals surface area contributed by atoms with Crippen LogP contribution in [-0.2, 0) is 11.4 Å². The molecule has 0 radical (unpaired) electrons. The molecule has 0 saturated heterocycles. The third kappa shape index (κ3) is 7.01. The number of ether oxygens (including phenoxy) is 3. The molecule has 0 saturated carbocycles. The summed E-state index contributed by atoms with van der Waals surface area (Å²) in [6, 6.07) is 28.9. The summed E-state index contributed by atoms with van der Waals surface area (Å²) >= 11 is 7.27. The van der Waals surface area contributed by atoms with E-state index in [0.717, 1.165) is 16.7 Å². The molecule has 0 bridgehead atoms. The number of para-hydroxylation sites is 1. The van der Waals surface area contributed by atoms with E-state index in [1.54, 1.807) is 24.7 Å². The van der Waals surface area contributed by atoms with Crippen LogP contribution < -0.4 is 34.4 Å². The van der Waals surface area contributed by atoms with Gasteiger partial charge >= 0.3 is 0 Å². The fraction of sp³-hybridized carbons (Fsp3) is 0.162. The summed E-state index contributed by atoms with van der Waals surface area (Å²) in [6.07, 6.45) is 1.80. The average molecular weight is 666 g/mol. The van der Waals surface area contributed by atoms with Crippen molar-refractivity contribution in [3.8, 4) is 17.2 Å². The van der Waals surface area contributed by atoms with E-state index < -0.39 is 6.04 Å². The van der Waals surface area contributed by atoms with E-state index >= 15 is 0 Å². The first-order chi connectivity index (χ1) is 22.8. The first-order valence-corrected chi connectivity index (χ1v) is 16.2. The maximum Gasteiger partial charge on any atom is 0.271 e. The summed E-state index contributed by atoms with van der Waals surface area (Å²) in [5, 5.41) is 3.64. The number of carbonyl (C=O) groups is 1. The van der Waals surface area contributed by atoms with Crippen molar-refractivity contribution in [2.45, 2.75) is 26.5 Å². The number of nitrogens with one attached hydrogen (secondary N) is 1. The van der Waals surface area contributed by atoms with Gasteiger partial charge in [0.2, 0.25) is 0 Å². The summed E-state index contributed by atoms with van der Waals surface area (Å²) in [5.41, 5.74) is 3.80. The van der Waals surface area contributed by atoms with Crippen LogP contribution in [0.1, 0.15) is 36.6 Å². The minimum atomic E-state index is -0.703. The molecule has 1 aliphatic rings. The molecule has 5 aromatic rings. The van der Waals surface area contributed by atoms with Crippen molar-refractivity contribution < 1.29 is 19.0 Å². The Labute approximate surface area is 280 Å². The molecular formula is C37H32ClN3O5S. The molecule has 1 aromatic heterocycles. The number of methoxy groups -OCH3 is 1. The van der Waals surface area contributed by atoms with Crippen LogP contribution in [0.4, 0.5) is 5.69 Å².